The first kappa shape index (κ1) is 20.9. The van der Waals surface area contributed by atoms with E-state index < -0.39 is 5.92 Å². The number of amides is 2. The Morgan fingerprint density at radius 1 is 0.935 bits per heavy atom. The lowest BCUT2D eigenvalue weighted by Gasteiger charge is -2.17. The van der Waals surface area contributed by atoms with Crippen LogP contribution in [0, 0.1) is 5.92 Å². The number of anilines is 2. The molecule has 0 spiro atoms. The van der Waals surface area contributed by atoms with E-state index in [9.17, 15) is 9.59 Å². The van der Waals surface area contributed by atoms with Crippen molar-refractivity contribution in [2.75, 3.05) is 23.9 Å². The van der Waals surface area contributed by atoms with Gasteiger partial charge in [0.1, 0.15) is 17.2 Å². The van der Waals surface area contributed by atoms with E-state index >= 15 is 0 Å². The van der Waals surface area contributed by atoms with Gasteiger partial charge in [-0.2, -0.15) is 0 Å². The summed E-state index contributed by atoms with van der Waals surface area (Å²) in [5.74, 6) is 1.46. The van der Waals surface area contributed by atoms with Crippen LogP contribution < -0.4 is 19.7 Å². The second-order valence-electron chi connectivity index (χ2n) is 7.17. The highest BCUT2D eigenvalue weighted by atomic mass is 79.9. The van der Waals surface area contributed by atoms with Crippen LogP contribution in [-0.4, -0.2) is 25.5 Å². The van der Waals surface area contributed by atoms with Crippen molar-refractivity contribution in [3.8, 4) is 17.2 Å². The number of nitrogens with zero attached hydrogens (tertiary/aromatic N) is 1. The number of rotatable bonds is 6. The van der Waals surface area contributed by atoms with Crippen LogP contribution in [0.25, 0.3) is 0 Å². The quantitative estimate of drug-likeness (QED) is 0.523. The second-order valence-corrected chi connectivity index (χ2v) is 8.09. The van der Waals surface area contributed by atoms with Crippen molar-refractivity contribution >= 4 is 39.1 Å². The summed E-state index contributed by atoms with van der Waals surface area (Å²) < 4.78 is 11.9. The van der Waals surface area contributed by atoms with Gasteiger partial charge in [0.25, 0.3) is 0 Å². The Morgan fingerprint density at radius 2 is 1.52 bits per heavy atom. The van der Waals surface area contributed by atoms with Crippen molar-refractivity contribution < 1.29 is 19.1 Å². The van der Waals surface area contributed by atoms with Crippen molar-refractivity contribution in [1.29, 1.82) is 0 Å². The van der Waals surface area contributed by atoms with E-state index in [1.807, 2.05) is 36.4 Å². The van der Waals surface area contributed by atoms with Gasteiger partial charge in [0.15, 0.2) is 0 Å². The van der Waals surface area contributed by atoms with Gasteiger partial charge in [-0.05, 0) is 72.8 Å². The van der Waals surface area contributed by atoms with E-state index in [1.54, 1.807) is 48.4 Å². The molecule has 1 atom stereocenters. The summed E-state index contributed by atoms with van der Waals surface area (Å²) in [5.41, 5.74) is 1.42. The Kier molecular flexibility index (Phi) is 6.23. The first-order valence-corrected chi connectivity index (χ1v) is 10.6. The molecule has 3 aromatic carbocycles. The van der Waals surface area contributed by atoms with Gasteiger partial charge in [-0.25, -0.2) is 0 Å². The molecule has 2 amide bonds. The van der Waals surface area contributed by atoms with Gasteiger partial charge in [-0.15, -0.1) is 0 Å². The average molecular weight is 481 g/mol. The highest BCUT2D eigenvalue weighted by molar-refractivity contribution is 9.10. The Bertz CT molecular complexity index is 1070. The lowest BCUT2D eigenvalue weighted by molar-refractivity contribution is -0.122. The van der Waals surface area contributed by atoms with Gasteiger partial charge in [0.2, 0.25) is 11.8 Å². The third-order valence-corrected chi connectivity index (χ3v) is 5.58. The predicted octanol–water partition coefficient (Wildman–Crippen LogP) is 5.24. The highest BCUT2D eigenvalue weighted by Gasteiger charge is 2.35. The van der Waals surface area contributed by atoms with E-state index in [-0.39, 0.29) is 18.2 Å². The molecule has 0 aliphatic carbocycles. The van der Waals surface area contributed by atoms with E-state index in [2.05, 4.69) is 21.2 Å². The van der Waals surface area contributed by atoms with Crippen LogP contribution in [0.15, 0.2) is 77.3 Å². The molecular formula is C24H21BrN2O4. The Balaban J connectivity index is 1.35. The Hall–Kier alpha value is -3.32. The molecular weight excluding hydrogens is 460 g/mol. The molecule has 158 valence electrons. The monoisotopic (exact) mass is 480 g/mol. The van der Waals surface area contributed by atoms with E-state index in [0.717, 1.165) is 21.7 Å². The highest BCUT2D eigenvalue weighted by Crippen LogP contribution is 2.28. The summed E-state index contributed by atoms with van der Waals surface area (Å²) in [6.45, 7) is 0.349. The van der Waals surface area contributed by atoms with Crippen LogP contribution in [0.3, 0.4) is 0 Å². The summed E-state index contributed by atoms with van der Waals surface area (Å²) in [4.78, 5) is 26.8. The smallest absolute Gasteiger partial charge is 0.229 e. The zero-order chi connectivity index (χ0) is 21.8. The third kappa shape index (κ3) is 5.06. The fraction of sp³-hybridized carbons (Fsp3) is 0.167. The lowest BCUT2D eigenvalue weighted by Crippen LogP contribution is -2.28. The lowest BCUT2D eigenvalue weighted by atomic mass is 10.1. The van der Waals surface area contributed by atoms with Crippen LogP contribution in [0.2, 0.25) is 0 Å². The number of benzene rings is 3. The summed E-state index contributed by atoms with van der Waals surface area (Å²) in [6, 6.07) is 21.9. The number of hydrogen-bond acceptors (Lipinski definition) is 4. The van der Waals surface area contributed by atoms with Gasteiger partial charge >= 0.3 is 0 Å². The molecule has 1 heterocycles. The van der Waals surface area contributed by atoms with Crippen LogP contribution in [0.4, 0.5) is 11.4 Å². The zero-order valence-electron chi connectivity index (χ0n) is 16.9. The molecule has 1 N–H and O–H groups in total. The number of nitrogens with one attached hydrogen (secondary N) is 1. The molecule has 0 radical (unpaired) electrons. The number of carbonyl (C=O) groups excluding carboxylic acids is 2. The first-order chi connectivity index (χ1) is 15.0. The second kappa shape index (κ2) is 9.22. The molecule has 0 aromatic heterocycles. The Labute approximate surface area is 188 Å². The molecule has 1 saturated heterocycles. The maximum atomic E-state index is 12.7. The Morgan fingerprint density at radius 3 is 2.13 bits per heavy atom. The minimum atomic E-state index is -0.409. The topological polar surface area (TPSA) is 67.9 Å². The third-order valence-electron chi connectivity index (χ3n) is 5.05. The molecule has 0 saturated carbocycles. The van der Waals surface area contributed by atoms with Gasteiger partial charge in [0, 0.05) is 28.8 Å². The van der Waals surface area contributed by atoms with Gasteiger partial charge in [0.05, 0.1) is 13.0 Å². The summed E-state index contributed by atoms with van der Waals surface area (Å²) in [7, 11) is 1.59. The first-order valence-electron chi connectivity index (χ1n) is 9.80. The SMILES string of the molecule is COc1ccc(N2C[C@H](C(=O)Nc3ccc(Oc4ccc(Br)cc4)cc3)CC2=O)cc1. The predicted molar refractivity (Wildman–Crippen MR) is 123 cm³/mol. The van der Waals surface area contributed by atoms with Crippen LogP contribution in [0.5, 0.6) is 17.2 Å². The molecule has 6 nitrogen and oxygen atoms in total. The molecule has 1 aliphatic heterocycles. The maximum absolute atomic E-state index is 12.7. The van der Waals surface area contributed by atoms with Crippen LogP contribution in [-0.2, 0) is 9.59 Å². The van der Waals surface area contributed by atoms with Crippen molar-refractivity contribution in [1.82, 2.24) is 0 Å². The van der Waals surface area contributed by atoms with E-state index in [0.29, 0.717) is 18.0 Å². The molecule has 1 aliphatic rings. The number of halogens is 1. The largest absolute Gasteiger partial charge is 0.497 e. The van der Waals surface area contributed by atoms with Crippen molar-refractivity contribution in [3.63, 3.8) is 0 Å². The van der Waals surface area contributed by atoms with Gasteiger partial charge in [-0.1, -0.05) is 15.9 Å². The molecule has 0 bridgehead atoms. The number of carbonyl (C=O) groups is 2. The van der Waals surface area contributed by atoms with E-state index in [4.69, 9.17) is 9.47 Å². The number of hydrogen-bond donors (Lipinski definition) is 1. The zero-order valence-corrected chi connectivity index (χ0v) is 18.5. The van der Waals surface area contributed by atoms with Gasteiger partial charge < -0.3 is 19.7 Å². The van der Waals surface area contributed by atoms with Crippen molar-refractivity contribution in [2.24, 2.45) is 5.92 Å². The molecule has 1 fully saturated rings. The van der Waals surface area contributed by atoms with E-state index in [1.165, 1.54) is 0 Å². The van der Waals surface area contributed by atoms with Crippen molar-refractivity contribution in [2.45, 2.75) is 6.42 Å². The molecule has 3 aromatic rings. The maximum Gasteiger partial charge on any atom is 0.229 e. The minimum Gasteiger partial charge on any atom is -0.497 e. The normalized spacial score (nSPS) is 15.6. The molecule has 7 heteroatoms. The summed E-state index contributed by atoms with van der Waals surface area (Å²) in [5, 5.41) is 2.89. The molecule has 4 rings (SSSR count). The fourth-order valence-corrected chi connectivity index (χ4v) is 3.65. The molecule has 31 heavy (non-hydrogen) atoms. The van der Waals surface area contributed by atoms with Gasteiger partial charge in [-0.3, -0.25) is 9.59 Å². The summed E-state index contributed by atoms with van der Waals surface area (Å²) in [6.07, 6.45) is 0.183. The van der Waals surface area contributed by atoms with Crippen LogP contribution >= 0.6 is 15.9 Å². The molecule has 0 unspecified atom stereocenters. The number of methoxy groups -OCH3 is 1. The van der Waals surface area contributed by atoms with Crippen LogP contribution in [0.1, 0.15) is 6.42 Å². The summed E-state index contributed by atoms with van der Waals surface area (Å²) >= 11 is 3.39. The number of ether oxygens (including phenoxy) is 2. The van der Waals surface area contributed by atoms with Crippen molar-refractivity contribution in [3.05, 3.63) is 77.3 Å². The fourth-order valence-electron chi connectivity index (χ4n) is 3.38. The standard InChI is InChI=1S/C24H21BrN2O4/c1-30-20-12-6-19(7-13-20)27-15-16(14-23(27)28)24(29)26-18-4-10-22(11-5-18)31-21-8-2-17(25)3-9-21/h2-13,16H,14-15H2,1H3,(H,26,29)/t16-/m1/s1. The minimum absolute atomic E-state index is 0.0661. The average Bonchev–Trinajstić information content (AvgIpc) is 3.18.